The van der Waals surface area contributed by atoms with Gasteiger partial charge < -0.3 is 9.84 Å². The molecular weight excluding hydrogens is 232 g/mol. The Labute approximate surface area is 106 Å². The second-order valence-corrected chi connectivity index (χ2v) is 4.86. The highest BCUT2D eigenvalue weighted by Crippen LogP contribution is 2.50. The zero-order valence-corrected chi connectivity index (χ0v) is 10.7. The highest BCUT2D eigenvalue weighted by atomic mass is 16.5. The van der Waals surface area contributed by atoms with Gasteiger partial charge >= 0.3 is 11.9 Å². The molecule has 0 atom stereocenters. The Hall–Kier alpha value is -1.84. The number of carbonyl (C=O) groups excluding carboxylic acids is 1. The van der Waals surface area contributed by atoms with Crippen molar-refractivity contribution in [2.45, 2.75) is 32.1 Å². The second kappa shape index (κ2) is 4.12. The number of hydrogen-bond acceptors (Lipinski definition) is 3. The van der Waals surface area contributed by atoms with Gasteiger partial charge in [0.25, 0.3) is 0 Å². The molecule has 96 valence electrons. The molecule has 1 saturated carbocycles. The van der Waals surface area contributed by atoms with Crippen molar-refractivity contribution >= 4 is 11.9 Å². The molecule has 1 aromatic rings. The maximum atomic E-state index is 11.6. The molecule has 2 rings (SSSR count). The molecule has 0 aliphatic heterocycles. The van der Waals surface area contributed by atoms with Gasteiger partial charge in [-0.15, -0.1) is 0 Å². The van der Waals surface area contributed by atoms with Crippen molar-refractivity contribution in [2.24, 2.45) is 0 Å². The summed E-state index contributed by atoms with van der Waals surface area (Å²) in [6, 6.07) is 3.53. The SMILES string of the molecule is COC(=O)c1cc(C2(C(=O)O)CC2)c(C)cc1C. The zero-order chi connectivity index (χ0) is 13.5. The smallest absolute Gasteiger partial charge is 0.338 e. The van der Waals surface area contributed by atoms with E-state index in [1.807, 2.05) is 19.9 Å². The molecule has 0 saturated heterocycles. The van der Waals surface area contributed by atoms with Crippen LogP contribution in [0.25, 0.3) is 0 Å². The molecule has 0 bridgehead atoms. The first-order chi connectivity index (χ1) is 8.42. The first-order valence-electron chi connectivity index (χ1n) is 5.86. The number of ether oxygens (including phenoxy) is 1. The largest absolute Gasteiger partial charge is 0.481 e. The third-order valence-electron chi connectivity index (χ3n) is 3.65. The van der Waals surface area contributed by atoms with Crippen LogP contribution in [-0.2, 0) is 14.9 Å². The number of carboxylic acid groups (broad SMARTS) is 1. The Morgan fingerprint density at radius 3 is 2.28 bits per heavy atom. The first kappa shape index (κ1) is 12.6. The number of aryl methyl sites for hydroxylation is 2. The highest BCUT2D eigenvalue weighted by molar-refractivity contribution is 5.93. The maximum Gasteiger partial charge on any atom is 0.338 e. The minimum atomic E-state index is -0.815. The van der Waals surface area contributed by atoms with Crippen LogP contribution in [0.4, 0.5) is 0 Å². The van der Waals surface area contributed by atoms with Crippen LogP contribution in [0.2, 0.25) is 0 Å². The van der Waals surface area contributed by atoms with E-state index in [0.29, 0.717) is 18.4 Å². The van der Waals surface area contributed by atoms with Crippen LogP contribution in [-0.4, -0.2) is 24.2 Å². The molecule has 0 amide bonds. The minimum Gasteiger partial charge on any atom is -0.481 e. The van der Waals surface area contributed by atoms with Crippen LogP contribution in [0.5, 0.6) is 0 Å². The van der Waals surface area contributed by atoms with Crippen molar-refractivity contribution < 1.29 is 19.4 Å². The van der Waals surface area contributed by atoms with E-state index >= 15 is 0 Å². The Morgan fingerprint density at radius 1 is 1.22 bits per heavy atom. The zero-order valence-electron chi connectivity index (χ0n) is 10.7. The standard InChI is InChI=1S/C14H16O4/c1-8-6-9(2)11(7-10(8)12(15)18-3)14(4-5-14)13(16)17/h6-7H,4-5H2,1-3H3,(H,16,17). The predicted octanol–water partition coefficient (Wildman–Crippen LogP) is 2.21. The van der Waals surface area contributed by atoms with Crippen molar-refractivity contribution in [3.63, 3.8) is 0 Å². The van der Waals surface area contributed by atoms with Crippen molar-refractivity contribution in [3.8, 4) is 0 Å². The van der Waals surface area contributed by atoms with Crippen LogP contribution in [0, 0.1) is 13.8 Å². The van der Waals surface area contributed by atoms with Crippen LogP contribution in [0.15, 0.2) is 12.1 Å². The van der Waals surface area contributed by atoms with Gasteiger partial charge in [0.1, 0.15) is 0 Å². The van der Waals surface area contributed by atoms with Gasteiger partial charge in [0.2, 0.25) is 0 Å². The molecule has 1 N–H and O–H groups in total. The molecule has 0 aromatic heterocycles. The summed E-state index contributed by atoms with van der Waals surface area (Å²) < 4.78 is 4.72. The summed E-state index contributed by atoms with van der Waals surface area (Å²) in [5.74, 6) is -1.24. The van der Waals surface area contributed by atoms with Crippen molar-refractivity contribution in [2.75, 3.05) is 7.11 Å². The third-order valence-corrected chi connectivity index (χ3v) is 3.65. The Bertz CT molecular complexity index is 527. The van der Waals surface area contributed by atoms with Gasteiger partial charge in [-0.3, -0.25) is 4.79 Å². The molecule has 1 aliphatic carbocycles. The van der Waals surface area contributed by atoms with E-state index in [1.165, 1.54) is 7.11 Å². The molecule has 4 nitrogen and oxygen atoms in total. The average Bonchev–Trinajstić information content (AvgIpc) is 3.09. The predicted molar refractivity (Wildman–Crippen MR) is 65.8 cm³/mol. The Balaban J connectivity index is 2.56. The van der Waals surface area contributed by atoms with Crippen LogP contribution in [0.1, 0.15) is 39.9 Å². The molecule has 4 heteroatoms. The Morgan fingerprint density at radius 2 is 1.83 bits per heavy atom. The van der Waals surface area contributed by atoms with E-state index in [2.05, 4.69) is 0 Å². The van der Waals surface area contributed by atoms with Gasteiger partial charge in [-0.25, -0.2) is 4.79 Å². The number of hydrogen-bond donors (Lipinski definition) is 1. The van der Waals surface area contributed by atoms with Crippen LogP contribution in [0.3, 0.4) is 0 Å². The summed E-state index contributed by atoms with van der Waals surface area (Å²) in [5.41, 5.74) is 2.12. The summed E-state index contributed by atoms with van der Waals surface area (Å²) in [6.07, 6.45) is 1.26. The van der Waals surface area contributed by atoms with E-state index in [1.54, 1.807) is 6.07 Å². The van der Waals surface area contributed by atoms with Crippen LogP contribution >= 0.6 is 0 Å². The number of methoxy groups -OCH3 is 1. The summed E-state index contributed by atoms with van der Waals surface area (Å²) >= 11 is 0. The van der Waals surface area contributed by atoms with Crippen molar-refractivity contribution in [1.82, 2.24) is 0 Å². The highest BCUT2D eigenvalue weighted by Gasteiger charge is 2.52. The van der Waals surface area contributed by atoms with E-state index in [9.17, 15) is 14.7 Å². The summed E-state index contributed by atoms with van der Waals surface area (Å²) in [5, 5.41) is 9.32. The fourth-order valence-electron chi connectivity index (χ4n) is 2.42. The summed E-state index contributed by atoms with van der Waals surface area (Å²) in [4.78, 5) is 23.0. The molecular formula is C14H16O4. The second-order valence-electron chi connectivity index (χ2n) is 4.86. The van der Waals surface area contributed by atoms with Gasteiger partial charge in [0.15, 0.2) is 0 Å². The lowest BCUT2D eigenvalue weighted by molar-refractivity contribution is -0.140. The topological polar surface area (TPSA) is 63.6 Å². The molecule has 1 aliphatic rings. The van der Waals surface area contributed by atoms with E-state index < -0.39 is 17.4 Å². The monoisotopic (exact) mass is 248 g/mol. The first-order valence-corrected chi connectivity index (χ1v) is 5.86. The van der Waals surface area contributed by atoms with E-state index in [4.69, 9.17) is 4.74 Å². The fraction of sp³-hybridized carbons (Fsp3) is 0.429. The maximum absolute atomic E-state index is 11.6. The quantitative estimate of drug-likeness (QED) is 0.833. The van der Waals surface area contributed by atoms with Gasteiger partial charge in [-0.2, -0.15) is 0 Å². The molecule has 0 unspecified atom stereocenters. The third kappa shape index (κ3) is 1.78. The fourth-order valence-corrected chi connectivity index (χ4v) is 2.42. The lowest BCUT2D eigenvalue weighted by Gasteiger charge is -2.16. The van der Waals surface area contributed by atoms with Crippen molar-refractivity contribution in [3.05, 3.63) is 34.4 Å². The normalized spacial score (nSPS) is 16.2. The molecule has 18 heavy (non-hydrogen) atoms. The number of rotatable bonds is 3. The summed E-state index contributed by atoms with van der Waals surface area (Å²) in [7, 11) is 1.32. The number of esters is 1. The van der Waals surface area contributed by atoms with Gasteiger partial charge in [-0.1, -0.05) is 6.07 Å². The number of carboxylic acids is 1. The van der Waals surface area contributed by atoms with E-state index in [-0.39, 0.29) is 0 Å². The average molecular weight is 248 g/mol. The lowest BCUT2D eigenvalue weighted by atomic mass is 9.88. The van der Waals surface area contributed by atoms with Gasteiger partial charge in [0.05, 0.1) is 18.1 Å². The minimum absolute atomic E-state index is 0.421. The number of benzene rings is 1. The van der Waals surface area contributed by atoms with Crippen molar-refractivity contribution in [1.29, 1.82) is 0 Å². The summed E-state index contributed by atoms with van der Waals surface area (Å²) in [6.45, 7) is 3.70. The molecule has 0 radical (unpaired) electrons. The lowest BCUT2D eigenvalue weighted by Crippen LogP contribution is -2.21. The van der Waals surface area contributed by atoms with E-state index in [0.717, 1.165) is 16.7 Å². The molecule has 1 fully saturated rings. The Kier molecular flexibility index (Phi) is 2.89. The number of aliphatic carboxylic acids is 1. The van der Waals surface area contributed by atoms with Gasteiger partial charge in [0, 0.05) is 0 Å². The number of carbonyl (C=O) groups is 2. The molecule has 0 heterocycles. The van der Waals surface area contributed by atoms with Crippen LogP contribution < -0.4 is 0 Å². The molecule has 1 aromatic carbocycles. The molecule has 0 spiro atoms. The van der Waals surface area contributed by atoms with Gasteiger partial charge in [-0.05, 0) is 49.4 Å².